The maximum Gasteiger partial charge on any atom is 0.285 e. The molecule has 1 aromatic heterocycles. The zero-order valence-corrected chi connectivity index (χ0v) is 13.9. The molecule has 0 radical (unpaired) electrons. The van der Waals surface area contributed by atoms with Crippen molar-refractivity contribution in [3.63, 3.8) is 0 Å². The van der Waals surface area contributed by atoms with Gasteiger partial charge >= 0.3 is 0 Å². The molecule has 0 bridgehead atoms. The highest BCUT2D eigenvalue weighted by molar-refractivity contribution is 6.51. The molecule has 2 aromatic rings. The third-order valence-electron chi connectivity index (χ3n) is 3.88. The van der Waals surface area contributed by atoms with Crippen LogP contribution in [-0.2, 0) is 11.2 Å². The van der Waals surface area contributed by atoms with Gasteiger partial charge in [-0.25, -0.2) is 4.99 Å². The highest BCUT2D eigenvalue weighted by Gasteiger charge is 2.18. The van der Waals surface area contributed by atoms with E-state index in [9.17, 15) is 0 Å². The lowest BCUT2D eigenvalue weighted by molar-refractivity contribution is 0.325. The molecule has 1 aromatic carbocycles. The summed E-state index contributed by atoms with van der Waals surface area (Å²) in [6, 6.07) is 12.7. The van der Waals surface area contributed by atoms with Crippen LogP contribution in [0, 0.1) is 0 Å². The average molecular weight is 328 g/mol. The Morgan fingerprint density at radius 2 is 2.26 bits per heavy atom. The lowest BCUT2D eigenvalue weighted by Crippen LogP contribution is -2.32. The molecule has 0 amide bonds. The maximum absolute atomic E-state index is 6.17. The van der Waals surface area contributed by atoms with Gasteiger partial charge in [0, 0.05) is 16.8 Å². The Balaban J connectivity index is 1.88. The Hall–Kier alpha value is -2.01. The molecule has 0 fully saturated rings. The summed E-state index contributed by atoms with van der Waals surface area (Å²) in [5, 5.41) is 4.13. The molecule has 4 nitrogen and oxygen atoms in total. The third kappa shape index (κ3) is 4.05. The van der Waals surface area contributed by atoms with Crippen LogP contribution in [0.1, 0.15) is 17.2 Å². The molecule has 23 heavy (non-hydrogen) atoms. The molecular formula is C17H19BClN3O. The minimum Gasteiger partial charge on any atom is -0.463 e. The van der Waals surface area contributed by atoms with E-state index in [2.05, 4.69) is 34.2 Å². The smallest absolute Gasteiger partial charge is 0.285 e. The predicted octanol–water partition coefficient (Wildman–Crippen LogP) is 2.10. The van der Waals surface area contributed by atoms with Crippen molar-refractivity contribution < 1.29 is 4.74 Å². The Bertz CT molecular complexity index is 708. The zero-order valence-electron chi connectivity index (χ0n) is 13.1. The van der Waals surface area contributed by atoms with Gasteiger partial charge in [0.2, 0.25) is 0 Å². The molecule has 2 heterocycles. The second-order valence-electron chi connectivity index (χ2n) is 5.45. The number of benzene rings is 1. The summed E-state index contributed by atoms with van der Waals surface area (Å²) >= 11 is 6.17. The number of aromatic nitrogens is 1. The normalized spacial score (nSPS) is 14.8. The molecule has 1 N–H and O–H groups in total. The number of halogens is 1. The van der Waals surface area contributed by atoms with Crippen molar-refractivity contribution in [3.8, 4) is 0 Å². The molecule has 0 aliphatic carbocycles. The number of hydrogen-bond donors (Lipinski definition) is 1. The summed E-state index contributed by atoms with van der Waals surface area (Å²) in [6.45, 7) is 3.47. The molecule has 3 rings (SSSR count). The number of nitrogens with one attached hydrogen (secondary N) is 1. The van der Waals surface area contributed by atoms with Crippen LogP contribution in [0.2, 0.25) is 11.8 Å². The monoisotopic (exact) mass is 327 g/mol. The van der Waals surface area contributed by atoms with Crippen molar-refractivity contribution in [2.45, 2.75) is 19.3 Å². The summed E-state index contributed by atoms with van der Waals surface area (Å²) in [6.07, 6.45) is 2.65. The van der Waals surface area contributed by atoms with E-state index in [1.807, 2.05) is 30.5 Å². The number of amidine groups is 1. The number of rotatable bonds is 5. The van der Waals surface area contributed by atoms with E-state index in [-0.39, 0.29) is 6.04 Å². The summed E-state index contributed by atoms with van der Waals surface area (Å²) in [5.74, 6) is 0. The topological polar surface area (TPSA) is 46.5 Å². The van der Waals surface area contributed by atoms with E-state index in [1.54, 1.807) is 0 Å². The lowest BCUT2D eigenvalue weighted by atomic mass is 9.74. The first-order valence-electron chi connectivity index (χ1n) is 7.88. The molecule has 1 aliphatic rings. The van der Waals surface area contributed by atoms with Gasteiger partial charge in [-0.05, 0) is 35.7 Å². The molecule has 6 heteroatoms. The van der Waals surface area contributed by atoms with E-state index in [0.29, 0.717) is 19.2 Å². The standard InChI is InChI=1S/C17H19BClN3O/c1-18-16-13(5-3-7-20-16)11-15(22-17-21-8-9-23-17)12-4-2-6-14(19)10-12/h2-7,10,15,18H,8-9,11H2,1H3,(H,21,22). The van der Waals surface area contributed by atoms with Crippen molar-refractivity contribution in [2.75, 3.05) is 13.2 Å². The van der Waals surface area contributed by atoms with Gasteiger partial charge in [0.15, 0.2) is 7.28 Å². The van der Waals surface area contributed by atoms with Gasteiger partial charge in [-0.15, -0.1) is 0 Å². The Kier molecular flexibility index (Phi) is 5.18. The summed E-state index contributed by atoms with van der Waals surface area (Å²) in [7, 11) is 0.913. The molecule has 0 spiro atoms. The van der Waals surface area contributed by atoms with Crippen molar-refractivity contribution in [1.82, 2.24) is 10.3 Å². The summed E-state index contributed by atoms with van der Waals surface area (Å²) in [5.41, 5.74) is 3.46. The minimum atomic E-state index is 0.0417. The summed E-state index contributed by atoms with van der Waals surface area (Å²) < 4.78 is 5.52. The fraction of sp³-hybridized carbons (Fsp3) is 0.294. The molecule has 1 aliphatic heterocycles. The van der Waals surface area contributed by atoms with Crippen LogP contribution in [0.4, 0.5) is 0 Å². The van der Waals surface area contributed by atoms with E-state index >= 15 is 0 Å². The van der Waals surface area contributed by atoms with Crippen LogP contribution in [-0.4, -0.2) is 31.4 Å². The predicted molar refractivity (Wildman–Crippen MR) is 96.2 cm³/mol. The van der Waals surface area contributed by atoms with Crippen molar-refractivity contribution in [1.29, 1.82) is 0 Å². The van der Waals surface area contributed by atoms with Crippen molar-refractivity contribution in [3.05, 3.63) is 58.7 Å². The largest absolute Gasteiger partial charge is 0.463 e. The van der Waals surface area contributed by atoms with Crippen molar-refractivity contribution in [2.24, 2.45) is 4.99 Å². The SMILES string of the molecule is CBc1ncccc1CC(NC1=NCCO1)c1cccc(Cl)c1. The van der Waals surface area contributed by atoms with Gasteiger partial charge in [-0.1, -0.05) is 36.6 Å². The highest BCUT2D eigenvalue weighted by Crippen LogP contribution is 2.21. The number of nitrogens with zero attached hydrogens (tertiary/aromatic N) is 2. The average Bonchev–Trinajstić information content (AvgIpc) is 3.08. The highest BCUT2D eigenvalue weighted by atomic mass is 35.5. The lowest BCUT2D eigenvalue weighted by Gasteiger charge is -2.21. The maximum atomic E-state index is 6.17. The van der Waals surface area contributed by atoms with Crippen LogP contribution in [0.25, 0.3) is 0 Å². The van der Waals surface area contributed by atoms with E-state index < -0.39 is 0 Å². The first-order valence-corrected chi connectivity index (χ1v) is 8.26. The van der Waals surface area contributed by atoms with Gasteiger partial charge in [0.25, 0.3) is 6.02 Å². The molecule has 0 saturated carbocycles. The van der Waals surface area contributed by atoms with E-state index in [4.69, 9.17) is 16.3 Å². The second kappa shape index (κ2) is 7.51. The number of aliphatic imine (C=N–C) groups is 1. The molecular weight excluding hydrogens is 308 g/mol. The first kappa shape index (κ1) is 15.9. The van der Waals surface area contributed by atoms with Gasteiger partial charge in [-0.3, -0.25) is 4.98 Å². The van der Waals surface area contributed by atoms with E-state index in [0.717, 1.165) is 29.9 Å². The molecule has 1 unspecified atom stereocenters. The molecule has 1 atom stereocenters. The Morgan fingerprint density at radius 1 is 1.35 bits per heavy atom. The van der Waals surface area contributed by atoms with E-state index in [1.165, 1.54) is 5.56 Å². The fourth-order valence-corrected chi connectivity index (χ4v) is 2.94. The zero-order chi connectivity index (χ0) is 16.1. The second-order valence-corrected chi connectivity index (χ2v) is 5.89. The van der Waals surface area contributed by atoms with Gasteiger partial charge in [-0.2, -0.15) is 0 Å². The van der Waals surface area contributed by atoms with Crippen LogP contribution in [0.5, 0.6) is 0 Å². The first-order chi connectivity index (χ1) is 11.3. The third-order valence-corrected chi connectivity index (χ3v) is 4.11. The number of ether oxygens (including phenoxy) is 1. The molecule has 0 saturated heterocycles. The summed E-state index contributed by atoms with van der Waals surface area (Å²) in [4.78, 5) is 8.82. The van der Waals surface area contributed by atoms with Crippen LogP contribution < -0.4 is 10.9 Å². The van der Waals surface area contributed by atoms with Crippen molar-refractivity contribution >= 4 is 30.5 Å². The Labute approximate surface area is 142 Å². The Morgan fingerprint density at radius 3 is 3.00 bits per heavy atom. The van der Waals surface area contributed by atoms with Gasteiger partial charge in [0.1, 0.15) is 6.61 Å². The molecule has 118 valence electrons. The quantitative estimate of drug-likeness (QED) is 0.856. The van der Waals surface area contributed by atoms with Crippen LogP contribution in [0.3, 0.4) is 0 Å². The minimum absolute atomic E-state index is 0.0417. The van der Waals surface area contributed by atoms with Gasteiger partial charge in [0.05, 0.1) is 12.6 Å². The fourth-order valence-electron chi connectivity index (χ4n) is 2.74. The van der Waals surface area contributed by atoms with Crippen LogP contribution in [0.15, 0.2) is 47.6 Å². The number of hydrogen-bond acceptors (Lipinski definition) is 4. The number of pyridine rings is 1. The van der Waals surface area contributed by atoms with Crippen LogP contribution >= 0.6 is 11.6 Å². The van der Waals surface area contributed by atoms with Gasteiger partial charge < -0.3 is 10.1 Å².